The molecule has 3 aromatic rings. The number of aromatic amines is 1. The van der Waals surface area contributed by atoms with Crippen molar-refractivity contribution in [2.75, 3.05) is 7.11 Å². The van der Waals surface area contributed by atoms with E-state index in [1.807, 2.05) is 12.1 Å². The minimum Gasteiger partial charge on any atom is -0.495 e. The van der Waals surface area contributed by atoms with Crippen molar-refractivity contribution < 1.29 is 9.53 Å². The number of carbonyl (C=O) groups excluding carboxylic acids is 1. The van der Waals surface area contributed by atoms with E-state index in [-0.39, 0.29) is 11.5 Å². The van der Waals surface area contributed by atoms with Crippen LogP contribution < -0.4 is 15.7 Å². The van der Waals surface area contributed by atoms with E-state index in [4.69, 9.17) is 16.3 Å². The molecular weight excluding hydrogens is 495 g/mol. The second-order valence-electron chi connectivity index (χ2n) is 5.79. The molecule has 2 aromatic carbocycles. The van der Waals surface area contributed by atoms with Gasteiger partial charge in [-0.3, -0.25) is 14.7 Å². The normalized spacial score (nSPS) is 11.0. The first-order valence-electron chi connectivity index (χ1n) is 8.16. The molecule has 1 aromatic heterocycles. The Kier molecular flexibility index (Phi) is 6.20. The summed E-state index contributed by atoms with van der Waals surface area (Å²) in [4.78, 5) is 24.9. The molecule has 0 bridgehead atoms. The molecular formula is C19H16ClIN4O3. The molecule has 9 heteroatoms. The minimum atomic E-state index is -0.350. The molecule has 0 aliphatic rings. The number of benzene rings is 2. The second kappa shape index (κ2) is 8.61. The molecule has 1 amide bonds. The van der Waals surface area contributed by atoms with Gasteiger partial charge in [-0.25, -0.2) is 10.1 Å². The van der Waals surface area contributed by atoms with Crippen LogP contribution in [0.5, 0.6) is 5.75 Å². The van der Waals surface area contributed by atoms with Crippen LogP contribution in [0.3, 0.4) is 0 Å². The smallest absolute Gasteiger partial charge is 0.280 e. The first-order chi connectivity index (χ1) is 13.4. The quantitative estimate of drug-likeness (QED) is 0.313. The van der Waals surface area contributed by atoms with E-state index in [1.54, 1.807) is 37.3 Å². The van der Waals surface area contributed by atoms with E-state index in [2.05, 4.69) is 38.2 Å². The number of nitrogens with one attached hydrogen (secondary N) is 2. The number of rotatable bonds is 5. The summed E-state index contributed by atoms with van der Waals surface area (Å²) in [5.74, 6) is 0.107. The molecule has 0 atom stereocenters. The fraction of sp³-hybridized carbons (Fsp3) is 0.105. The predicted octanol–water partition coefficient (Wildman–Crippen LogP) is 3.50. The first kappa shape index (κ1) is 20.2. The van der Waals surface area contributed by atoms with Crippen molar-refractivity contribution in [3.63, 3.8) is 0 Å². The molecule has 3 rings (SSSR count). The van der Waals surface area contributed by atoms with Gasteiger partial charge in [-0.05, 0) is 53.8 Å². The first-order valence-corrected chi connectivity index (χ1v) is 9.61. The van der Waals surface area contributed by atoms with Crippen LogP contribution in [-0.4, -0.2) is 29.0 Å². The molecule has 0 aliphatic heterocycles. The van der Waals surface area contributed by atoms with Crippen LogP contribution in [0.15, 0.2) is 52.4 Å². The lowest BCUT2D eigenvalue weighted by atomic mass is 10.2. The number of methoxy groups -OCH3 is 1. The van der Waals surface area contributed by atoms with E-state index in [9.17, 15) is 9.59 Å². The highest BCUT2D eigenvalue weighted by Gasteiger charge is 2.13. The second-order valence-corrected chi connectivity index (χ2v) is 7.36. The summed E-state index contributed by atoms with van der Waals surface area (Å²) in [7, 11) is 1.50. The molecule has 28 heavy (non-hydrogen) atoms. The van der Waals surface area contributed by atoms with Gasteiger partial charge in [0.2, 0.25) is 0 Å². The molecule has 7 nitrogen and oxygen atoms in total. The SMILES string of the molecule is COc1cc(-n2[nH]c(C)c(C=NNC(=O)c3ccccc3I)c2=O)ccc1Cl. The van der Waals surface area contributed by atoms with Gasteiger partial charge in [0.15, 0.2) is 0 Å². The van der Waals surface area contributed by atoms with E-state index in [0.29, 0.717) is 33.3 Å². The number of aryl methyl sites for hydroxylation is 1. The Balaban J connectivity index is 1.84. The van der Waals surface area contributed by atoms with E-state index in [1.165, 1.54) is 18.0 Å². The number of hydrogen-bond donors (Lipinski definition) is 2. The molecule has 0 saturated carbocycles. The summed E-state index contributed by atoms with van der Waals surface area (Å²) in [5.41, 5.74) is 4.14. The minimum absolute atomic E-state index is 0.311. The van der Waals surface area contributed by atoms with Crippen LogP contribution in [-0.2, 0) is 0 Å². The average Bonchev–Trinajstić information content (AvgIpc) is 2.97. The average molecular weight is 511 g/mol. The number of carbonyl (C=O) groups is 1. The summed E-state index contributed by atoms with van der Waals surface area (Å²) in [6, 6.07) is 12.1. The summed E-state index contributed by atoms with van der Waals surface area (Å²) in [5, 5.41) is 7.35. The van der Waals surface area contributed by atoms with Crippen molar-refractivity contribution in [1.29, 1.82) is 0 Å². The molecule has 0 saturated heterocycles. The zero-order valence-electron chi connectivity index (χ0n) is 15.0. The van der Waals surface area contributed by atoms with Crippen molar-refractivity contribution in [2.45, 2.75) is 6.92 Å². The van der Waals surface area contributed by atoms with Crippen LogP contribution in [0.1, 0.15) is 21.6 Å². The van der Waals surface area contributed by atoms with Gasteiger partial charge in [-0.15, -0.1) is 0 Å². The van der Waals surface area contributed by atoms with Crippen molar-refractivity contribution >= 4 is 46.3 Å². The van der Waals surface area contributed by atoms with Gasteiger partial charge in [0.25, 0.3) is 11.5 Å². The maximum atomic E-state index is 12.7. The Bertz CT molecular complexity index is 1120. The van der Waals surface area contributed by atoms with Crippen LogP contribution >= 0.6 is 34.2 Å². The van der Waals surface area contributed by atoms with Crippen molar-refractivity contribution in [1.82, 2.24) is 15.2 Å². The molecule has 0 unspecified atom stereocenters. The summed E-state index contributed by atoms with van der Waals surface area (Å²) >= 11 is 8.11. The monoisotopic (exact) mass is 510 g/mol. The van der Waals surface area contributed by atoms with Crippen molar-refractivity contribution in [2.24, 2.45) is 5.10 Å². The molecule has 2 N–H and O–H groups in total. The van der Waals surface area contributed by atoms with E-state index in [0.717, 1.165) is 3.57 Å². The standard InChI is InChI=1S/C19H16ClIN4O3/c1-11-14(10-22-23-18(26)13-5-3-4-6-16(13)21)19(27)25(24-11)12-7-8-15(20)17(9-12)28-2/h3-10,24H,1-2H3,(H,23,26). The summed E-state index contributed by atoms with van der Waals surface area (Å²) < 4.78 is 7.36. The zero-order chi connectivity index (χ0) is 20.3. The van der Waals surface area contributed by atoms with Gasteiger partial charge in [0, 0.05) is 15.3 Å². The maximum Gasteiger partial charge on any atom is 0.280 e. The van der Waals surface area contributed by atoms with Gasteiger partial charge in [-0.2, -0.15) is 5.10 Å². The number of amides is 1. The number of aromatic nitrogens is 2. The Morgan fingerprint density at radius 2 is 2.07 bits per heavy atom. The fourth-order valence-corrected chi connectivity index (χ4v) is 3.37. The predicted molar refractivity (Wildman–Crippen MR) is 117 cm³/mol. The molecule has 0 radical (unpaired) electrons. The molecule has 0 aliphatic carbocycles. The number of hydrogen-bond acceptors (Lipinski definition) is 4. The Morgan fingerprint density at radius 1 is 1.32 bits per heavy atom. The third-order valence-electron chi connectivity index (χ3n) is 3.99. The van der Waals surface area contributed by atoms with Crippen LogP contribution in [0, 0.1) is 10.5 Å². The fourth-order valence-electron chi connectivity index (χ4n) is 2.54. The van der Waals surface area contributed by atoms with Gasteiger partial charge in [-0.1, -0.05) is 23.7 Å². The molecule has 144 valence electrons. The van der Waals surface area contributed by atoms with Crippen molar-refractivity contribution in [3.8, 4) is 11.4 Å². The maximum absolute atomic E-state index is 12.7. The molecule has 1 heterocycles. The van der Waals surface area contributed by atoms with Gasteiger partial charge < -0.3 is 4.74 Å². The highest BCUT2D eigenvalue weighted by Crippen LogP contribution is 2.26. The van der Waals surface area contributed by atoms with Crippen LogP contribution in [0.4, 0.5) is 0 Å². The molecule has 0 spiro atoms. The Labute approximate surface area is 179 Å². The van der Waals surface area contributed by atoms with E-state index < -0.39 is 0 Å². The largest absolute Gasteiger partial charge is 0.495 e. The highest BCUT2D eigenvalue weighted by molar-refractivity contribution is 14.1. The lowest BCUT2D eigenvalue weighted by molar-refractivity contribution is 0.0954. The van der Waals surface area contributed by atoms with Gasteiger partial charge >= 0.3 is 0 Å². The third kappa shape index (κ3) is 4.12. The zero-order valence-corrected chi connectivity index (χ0v) is 17.9. The number of H-pyrrole nitrogens is 1. The Hall–Kier alpha value is -2.59. The number of hydrazone groups is 1. The topological polar surface area (TPSA) is 88.5 Å². The highest BCUT2D eigenvalue weighted by atomic mass is 127. The number of halogens is 2. The van der Waals surface area contributed by atoms with Crippen LogP contribution in [0.2, 0.25) is 5.02 Å². The lowest BCUT2D eigenvalue weighted by Crippen LogP contribution is -2.20. The number of nitrogens with zero attached hydrogens (tertiary/aromatic N) is 2. The third-order valence-corrected chi connectivity index (χ3v) is 5.24. The van der Waals surface area contributed by atoms with Gasteiger partial charge in [0.05, 0.1) is 35.2 Å². The number of ether oxygens (including phenoxy) is 1. The van der Waals surface area contributed by atoms with Crippen LogP contribution in [0.25, 0.3) is 5.69 Å². The lowest BCUT2D eigenvalue weighted by Gasteiger charge is -2.06. The summed E-state index contributed by atoms with van der Waals surface area (Å²) in [6.45, 7) is 1.74. The Morgan fingerprint density at radius 3 is 2.79 bits per heavy atom. The van der Waals surface area contributed by atoms with E-state index >= 15 is 0 Å². The van der Waals surface area contributed by atoms with Crippen molar-refractivity contribution in [3.05, 3.63) is 78.2 Å². The summed E-state index contributed by atoms with van der Waals surface area (Å²) in [6.07, 6.45) is 1.32. The van der Waals surface area contributed by atoms with Gasteiger partial charge in [0.1, 0.15) is 5.75 Å². The molecule has 0 fully saturated rings.